The van der Waals surface area contributed by atoms with Gasteiger partial charge in [-0.15, -0.1) is 0 Å². The standard InChI is InChI=1S/C4H7BrOS/c5-1-4(3-7)2-6-4/h7H,1-3H2. The average molecular weight is 183 g/mol. The smallest absolute Gasteiger partial charge is 0.110 e. The van der Waals surface area contributed by atoms with Crippen molar-refractivity contribution in [2.75, 3.05) is 17.7 Å². The molecule has 1 saturated heterocycles. The van der Waals surface area contributed by atoms with E-state index >= 15 is 0 Å². The minimum Gasteiger partial charge on any atom is -0.368 e. The Hall–Kier alpha value is 0.790. The van der Waals surface area contributed by atoms with Gasteiger partial charge < -0.3 is 4.74 Å². The van der Waals surface area contributed by atoms with Crippen LogP contribution in [0, 0.1) is 0 Å². The molecule has 7 heavy (non-hydrogen) atoms. The van der Waals surface area contributed by atoms with Gasteiger partial charge in [-0.3, -0.25) is 0 Å². The van der Waals surface area contributed by atoms with Gasteiger partial charge in [0.1, 0.15) is 5.60 Å². The highest BCUT2D eigenvalue weighted by Gasteiger charge is 2.41. The number of rotatable bonds is 2. The lowest BCUT2D eigenvalue weighted by Gasteiger charge is -1.98. The summed E-state index contributed by atoms with van der Waals surface area (Å²) in [4.78, 5) is 0. The summed E-state index contributed by atoms with van der Waals surface area (Å²) < 4.78 is 5.07. The van der Waals surface area contributed by atoms with Crippen molar-refractivity contribution in [1.29, 1.82) is 0 Å². The fraction of sp³-hybridized carbons (Fsp3) is 1.00. The molecule has 0 spiro atoms. The van der Waals surface area contributed by atoms with Crippen molar-refractivity contribution >= 4 is 28.6 Å². The maximum absolute atomic E-state index is 5.07. The number of ether oxygens (including phenoxy) is 1. The van der Waals surface area contributed by atoms with E-state index in [1.165, 1.54) is 0 Å². The summed E-state index contributed by atoms with van der Waals surface area (Å²) in [5.41, 5.74) is 0.114. The predicted molar refractivity (Wildman–Crippen MR) is 36.3 cm³/mol. The molecule has 1 fully saturated rings. The molecular formula is C4H7BrOS. The molecule has 0 saturated carbocycles. The van der Waals surface area contributed by atoms with Crippen molar-refractivity contribution in [2.24, 2.45) is 0 Å². The highest BCUT2D eigenvalue weighted by molar-refractivity contribution is 9.09. The molecule has 1 rings (SSSR count). The van der Waals surface area contributed by atoms with Crippen molar-refractivity contribution in [2.45, 2.75) is 5.60 Å². The summed E-state index contributed by atoms with van der Waals surface area (Å²) in [5, 5.41) is 0.920. The van der Waals surface area contributed by atoms with Crippen LogP contribution in [0.15, 0.2) is 0 Å². The molecule has 0 bridgehead atoms. The molecule has 0 aliphatic carbocycles. The fourth-order valence-corrected chi connectivity index (χ4v) is 1.44. The topological polar surface area (TPSA) is 12.5 Å². The Labute approximate surface area is 57.0 Å². The van der Waals surface area contributed by atoms with Gasteiger partial charge in [-0.25, -0.2) is 0 Å². The molecule has 0 amide bonds. The van der Waals surface area contributed by atoms with Crippen LogP contribution < -0.4 is 0 Å². The van der Waals surface area contributed by atoms with Gasteiger partial charge in [0.2, 0.25) is 0 Å². The zero-order valence-electron chi connectivity index (χ0n) is 3.85. The van der Waals surface area contributed by atoms with Gasteiger partial charge in [0.15, 0.2) is 0 Å². The van der Waals surface area contributed by atoms with Crippen LogP contribution in [-0.2, 0) is 4.74 Å². The lowest BCUT2D eigenvalue weighted by molar-refractivity contribution is 0.354. The minimum absolute atomic E-state index is 0.114. The van der Waals surface area contributed by atoms with Crippen LogP contribution in [0.4, 0.5) is 0 Å². The van der Waals surface area contributed by atoms with E-state index in [0.717, 1.165) is 17.7 Å². The number of hydrogen-bond donors (Lipinski definition) is 1. The molecule has 0 radical (unpaired) electrons. The Morgan fingerprint density at radius 2 is 2.43 bits per heavy atom. The molecule has 1 unspecified atom stereocenters. The van der Waals surface area contributed by atoms with Crippen LogP contribution >= 0.6 is 28.6 Å². The molecule has 0 aromatic carbocycles. The monoisotopic (exact) mass is 182 g/mol. The molecule has 42 valence electrons. The zero-order chi connectivity index (χ0) is 5.33. The fourth-order valence-electron chi connectivity index (χ4n) is 0.313. The van der Waals surface area contributed by atoms with Crippen LogP contribution in [-0.4, -0.2) is 23.3 Å². The second kappa shape index (κ2) is 1.96. The average Bonchev–Trinajstić information content (AvgIpc) is 2.46. The maximum atomic E-state index is 5.07. The van der Waals surface area contributed by atoms with Crippen molar-refractivity contribution < 1.29 is 4.74 Å². The summed E-state index contributed by atoms with van der Waals surface area (Å²) in [6.07, 6.45) is 0. The first-order chi connectivity index (χ1) is 3.33. The van der Waals surface area contributed by atoms with Gasteiger partial charge in [0.25, 0.3) is 0 Å². The first-order valence-electron chi connectivity index (χ1n) is 2.14. The zero-order valence-corrected chi connectivity index (χ0v) is 6.34. The number of alkyl halides is 1. The molecule has 1 nitrogen and oxygen atoms in total. The van der Waals surface area contributed by atoms with Crippen molar-refractivity contribution in [3.8, 4) is 0 Å². The van der Waals surface area contributed by atoms with Crippen LogP contribution in [0.3, 0.4) is 0 Å². The molecule has 1 atom stereocenters. The summed E-state index contributed by atoms with van der Waals surface area (Å²) in [5.74, 6) is 0.832. The molecule has 0 N–H and O–H groups in total. The number of thiol groups is 1. The Morgan fingerprint density at radius 3 is 2.43 bits per heavy atom. The van der Waals surface area contributed by atoms with E-state index in [2.05, 4.69) is 28.6 Å². The largest absolute Gasteiger partial charge is 0.368 e. The van der Waals surface area contributed by atoms with Gasteiger partial charge in [-0.1, -0.05) is 15.9 Å². The van der Waals surface area contributed by atoms with Gasteiger partial charge in [0.05, 0.1) is 6.61 Å². The highest BCUT2D eigenvalue weighted by atomic mass is 79.9. The van der Waals surface area contributed by atoms with Crippen molar-refractivity contribution in [3.05, 3.63) is 0 Å². The van der Waals surface area contributed by atoms with E-state index in [-0.39, 0.29) is 5.60 Å². The highest BCUT2D eigenvalue weighted by Crippen LogP contribution is 2.29. The van der Waals surface area contributed by atoms with Crippen LogP contribution in [0.1, 0.15) is 0 Å². The first kappa shape index (κ1) is 5.92. The Morgan fingerprint density at radius 1 is 1.86 bits per heavy atom. The third-order valence-corrected chi connectivity index (χ3v) is 2.68. The van der Waals surface area contributed by atoms with E-state index in [9.17, 15) is 0 Å². The van der Waals surface area contributed by atoms with Crippen LogP contribution in [0.5, 0.6) is 0 Å². The summed E-state index contributed by atoms with van der Waals surface area (Å²) in [6, 6.07) is 0. The summed E-state index contributed by atoms with van der Waals surface area (Å²) >= 11 is 7.41. The summed E-state index contributed by atoms with van der Waals surface area (Å²) in [7, 11) is 0. The lowest BCUT2D eigenvalue weighted by Crippen LogP contribution is -2.13. The van der Waals surface area contributed by atoms with Gasteiger partial charge in [-0.05, 0) is 0 Å². The van der Waals surface area contributed by atoms with E-state index in [1.54, 1.807) is 0 Å². The number of epoxide rings is 1. The molecular weight excluding hydrogens is 176 g/mol. The molecule has 3 heteroatoms. The van der Waals surface area contributed by atoms with Gasteiger partial charge in [0, 0.05) is 11.1 Å². The van der Waals surface area contributed by atoms with Crippen LogP contribution in [0.25, 0.3) is 0 Å². The molecule has 1 aliphatic rings. The molecule has 0 aromatic rings. The molecule has 1 aliphatic heterocycles. The molecule has 1 heterocycles. The predicted octanol–water partition coefficient (Wildman–Crippen LogP) is 1.08. The van der Waals surface area contributed by atoms with Gasteiger partial charge >= 0.3 is 0 Å². The Kier molecular flexibility index (Phi) is 1.65. The first-order valence-corrected chi connectivity index (χ1v) is 3.89. The van der Waals surface area contributed by atoms with E-state index in [1.807, 2.05) is 0 Å². The number of hydrogen-bond acceptors (Lipinski definition) is 2. The number of halogens is 1. The quantitative estimate of drug-likeness (QED) is 0.384. The maximum Gasteiger partial charge on any atom is 0.110 e. The van der Waals surface area contributed by atoms with E-state index in [0.29, 0.717) is 0 Å². The normalized spacial score (nSPS) is 38.6. The third-order valence-electron chi connectivity index (χ3n) is 1.08. The SMILES string of the molecule is SCC1(CBr)CO1. The third kappa shape index (κ3) is 1.12. The molecule has 0 aromatic heterocycles. The van der Waals surface area contributed by atoms with E-state index in [4.69, 9.17) is 4.74 Å². The lowest BCUT2D eigenvalue weighted by atomic mass is 10.3. The second-order valence-corrected chi connectivity index (χ2v) is 2.64. The Balaban J connectivity index is 2.28. The van der Waals surface area contributed by atoms with Crippen LogP contribution in [0.2, 0.25) is 0 Å². The minimum atomic E-state index is 0.114. The second-order valence-electron chi connectivity index (χ2n) is 1.76. The van der Waals surface area contributed by atoms with E-state index < -0.39 is 0 Å². The van der Waals surface area contributed by atoms with Gasteiger partial charge in [-0.2, -0.15) is 12.6 Å². The van der Waals surface area contributed by atoms with Crippen molar-refractivity contribution in [3.63, 3.8) is 0 Å². The Bertz CT molecular complexity index is 66.1. The van der Waals surface area contributed by atoms with Crippen molar-refractivity contribution in [1.82, 2.24) is 0 Å². The summed E-state index contributed by atoms with van der Waals surface area (Å²) in [6.45, 7) is 0.877.